The van der Waals surface area contributed by atoms with Crippen LogP contribution in [0.5, 0.6) is 0 Å². The molecule has 0 amide bonds. The van der Waals surface area contributed by atoms with Crippen molar-refractivity contribution in [3.05, 3.63) is 48.0 Å². The van der Waals surface area contributed by atoms with E-state index in [9.17, 15) is 0 Å². The van der Waals surface area contributed by atoms with Crippen LogP contribution in [0.15, 0.2) is 42.5 Å². The molecule has 1 aliphatic carbocycles. The highest BCUT2D eigenvalue weighted by atomic mass is 35.5. The van der Waals surface area contributed by atoms with Crippen molar-refractivity contribution in [2.75, 3.05) is 0 Å². The molecule has 2 rings (SSSR count). The molecule has 0 bridgehead atoms. The third-order valence-corrected chi connectivity index (χ3v) is 2.87. The zero-order valence-electron chi connectivity index (χ0n) is 7.49. The average Bonchev–Trinajstić information content (AvgIpc) is 2.19. The minimum atomic E-state index is 0.221. The Balaban J connectivity index is 2.15. The van der Waals surface area contributed by atoms with Gasteiger partial charge in [-0.05, 0) is 24.3 Å². The van der Waals surface area contributed by atoms with E-state index in [0.29, 0.717) is 5.92 Å². The molecule has 0 N–H and O–H groups in total. The predicted octanol–water partition coefficient (Wildman–Crippen LogP) is 3.73. The summed E-state index contributed by atoms with van der Waals surface area (Å²) in [5.41, 5.74) is 1.41. The normalized spacial score (nSPS) is 27.5. The summed E-state index contributed by atoms with van der Waals surface area (Å²) in [4.78, 5) is 0. The second kappa shape index (κ2) is 3.97. The summed E-state index contributed by atoms with van der Waals surface area (Å²) in [5.74, 6) is 0.619. The molecule has 1 aliphatic rings. The maximum Gasteiger partial charge on any atom is 0.0521 e. The number of allylic oxidation sites excluding steroid dienone is 2. The van der Waals surface area contributed by atoms with Gasteiger partial charge in [0, 0.05) is 0 Å². The number of hydrogen-bond acceptors (Lipinski definition) is 0. The van der Waals surface area contributed by atoms with Crippen molar-refractivity contribution in [1.29, 1.82) is 0 Å². The summed E-state index contributed by atoms with van der Waals surface area (Å²) >= 11 is 6.07. The van der Waals surface area contributed by atoms with E-state index in [4.69, 9.17) is 11.6 Å². The highest BCUT2D eigenvalue weighted by Gasteiger charge is 2.16. The molecule has 13 heavy (non-hydrogen) atoms. The predicted molar refractivity (Wildman–Crippen MR) is 57.2 cm³/mol. The Morgan fingerprint density at radius 3 is 2.62 bits per heavy atom. The van der Waals surface area contributed by atoms with Crippen molar-refractivity contribution in [2.45, 2.75) is 24.1 Å². The molecule has 0 saturated carbocycles. The first-order valence-corrected chi connectivity index (χ1v) is 5.15. The van der Waals surface area contributed by atoms with Crippen molar-refractivity contribution in [2.24, 2.45) is 0 Å². The molecule has 1 aromatic rings. The molecule has 2 atom stereocenters. The van der Waals surface area contributed by atoms with Crippen molar-refractivity contribution in [1.82, 2.24) is 0 Å². The molecule has 0 unspecified atom stereocenters. The van der Waals surface area contributed by atoms with Gasteiger partial charge in [-0.2, -0.15) is 0 Å². The van der Waals surface area contributed by atoms with Crippen LogP contribution in [-0.4, -0.2) is 5.38 Å². The largest absolute Gasteiger partial charge is 0.118 e. The Morgan fingerprint density at radius 2 is 1.92 bits per heavy atom. The summed E-state index contributed by atoms with van der Waals surface area (Å²) in [7, 11) is 0. The first-order chi connectivity index (χ1) is 6.36. The van der Waals surface area contributed by atoms with E-state index in [-0.39, 0.29) is 5.38 Å². The molecule has 0 radical (unpaired) electrons. The Labute approximate surface area is 84.2 Å². The first-order valence-electron chi connectivity index (χ1n) is 4.72. The molecule has 0 fully saturated rings. The number of alkyl halides is 1. The van der Waals surface area contributed by atoms with Gasteiger partial charge < -0.3 is 0 Å². The Kier molecular flexibility index (Phi) is 2.70. The lowest BCUT2D eigenvalue weighted by atomic mass is 9.88. The van der Waals surface area contributed by atoms with Gasteiger partial charge in [-0.1, -0.05) is 42.5 Å². The van der Waals surface area contributed by atoms with Gasteiger partial charge in [-0.25, -0.2) is 0 Å². The van der Waals surface area contributed by atoms with Gasteiger partial charge in [-0.3, -0.25) is 0 Å². The third kappa shape index (κ3) is 2.13. The molecule has 1 heteroatoms. The first kappa shape index (κ1) is 8.83. The SMILES string of the molecule is Cl[C@H]1C=CC[C@H](c2ccccc2)C1. The minimum absolute atomic E-state index is 0.221. The lowest BCUT2D eigenvalue weighted by Crippen LogP contribution is -2.09. The fourth-order valence-electron chi connectivity index (χ4n) is 1.83. The third-order valence-electron chi connectivity index (χ3n) is 2.55. The van der Waals surface area contributed by atoms with E-state index in [1.54, 1.807) is 0 Å². The van der Waals surface area contributed by atoms with Crippen molar-refractivity contribution in [3.63, 3.8) is 0 Å². The molecule has 0 saturated heterocycles. The van der Waals surface area contributed by atoms with Crippen molar-refractivity contribution in [3.8, 4) is 0 Å². The quantitative estimate of drug-likeness (QED) is 0.470. The van der Waals surface area contributed by atoms with Crippen LogP contribution in [0.3, 0.4) is 0 Å². The van der Waals surface area contributed by atoms with E-state index in [1.807, 2.05) is 0 Å². The van der Waals surface area contributed by atoms with Gasteiger partial charge >= 0.3 is 0 Å². The van der Waals surface area contributed by atoms with E-state index >= 15 is 0 Å². The van der Waals surface area contributed by atoms with Crippen LogP contribution in [0, 0.1) is 0 Å². The van der Waals surface area contributed by atoms with Crippen LogP contribution in [0.1, 0.15) is 24.3 Å². The van der Waals surface area contributed by atoms with Crippen LogP contribution >= 0.6 is 11.6 Å². The topological polar surface area (TPSA) is 0 Å². The molecule has 0 spiro atoms. The monoisotopic (exact) mass is 192 g/mol. The van der Waals surface area contributed by atoms with Gasteiger partial charge in [0.05, 0.1) is 5.38 Å². The number of hydrogen-bond donors (Lipinski definition) is 0. The molecular weight excluding hydrogens is 180 g/mol. The fraction of sp³-hybridized carbons (Fsp3) is 0.333. The number of benzene rings is 1. The Hall–Kier alpha value is -0.750. The van der Waals surface area contributed by atoms with Gasteiger partial charge in [0.15, 0.2) is 0 Å². The van der Waals surface area contributed by atoms with E-state index < -0.39 is 0 Å². The molecular formula is C12H13Cl. The fourth-order valence-corrected chi connectivity index (χ4v) is 2.15. The molecule has 68 valence electrons. The summed E-state index contributed by atoms with van der Waals surface area (Å²) in [6.07, 6.45) is 6.50. The average molecular weight is 193 g/mol. The minimum Gasteiger partial charge on any atom is -0.118 e. The van der Waals surface area contributed by atoms with Gasteiger partial charge in [0.25, 0.3) is 0 Å². The summed E-state index contributed by atoms with van der Waals surface area (Å²) < 4.78 is 0. The van der Waals surface area contributed by atoms with Crippen LogP contribution in [-0.2, 0) is 0 Å². The second-order valence-corrected chi connectivity index (χ2v) is 4.08. The molecule has 1 aromatic carbocycles. The maximum absolute atomic E-state index is 6.07. The Morgan fingerprint density at radius 1 is 1.15 bits per heavy atom. The summed E-state index contributed by atoms with van der Waals surface area (Å²) in [6.45, 7) is 0. The Bertz CT molecular complexity index is 289. The molecule has 0 nitrogen and oxygen atoms in total. The molecule has 0 heterocycles. The van der Waals surface area contributed by atoms with Gasteiger partial charge in [-0.15, -0.1) is 11.6 Å². The summed E-state index contributed by atoms with van der Waals surface area (Å²) in [6, 6.07) is 10.6. The zero-order chi connectivity index (χ0) is 9.10. The van der Waals surface area contributed by atoms with Crippen LogP contribution in [0.25, 0.3) is 0 Å². The van der Waals surface area contributed by atoms with E-state index in [1.165, 1.54) is 5.56 Å². The zero-order valence-corrected chi connectivity index (χ0v) is 8.24. The van der Waals surface area contributed by atoms with Crippen molar-refractivity contribution >= 4 is 11.6 Å². The highest BCUT2D eigenvalue weighted by Crippen LogP contribution is 2.30. The van der Waals surface area contributed by atoms with Crippen LogP contribution in [0.4, 0.5) is 0 Å². The van der Waals surface area contributed by atoms with Crippen molar-refractivity contribution < 1.29 is 0 Å². The van der Waals surface area contributed by atoms with E-state index in [0.717, 1.165) is 12.8 Å². The second-order valence-electron chi connectivity index (χ2n) is 3.52. The van der Waals surface area contributed by atoms with Crippen LogP contribution in [0.2, 0.25) is 0 Å². The number of halogens is 1. The van der Waals surface area contributed by atoms with Gasteiger partial charge in [0.1, 0.15) is 0 Å². The number of rotatable bonds is 1. The lowest BCUT2D eigenvalue weighted by molar-refractivity contribution is 0.621. The van der Waals surface area contributed by atoms with Gasteiger partial charge in [0.2, 0.25) is 0 Å². The standard InChI is InChI=1S/C12H13Cl/c13-12-8-4-7-11(9-12)10-5-2-1-3-6-10/h1-6,8,11-12H,7,9H2/t11-,12-/m0/s1. The molecule has 0 aromatic heterocycles. The smallest absolute Gasteiger partial charge is 0.0521 e. The maximum atomic E-state index is 6.07. The summed E-state index contributed by atoms with van der Waals surface area (Å²) in [5, 5.41) is 0.221. The molecule has 0 aliphatic heterocycles. The lowest BCUT2D eigenvalue weighted by Gasteiger charge is -2.21. The van der Waals surface area contributed by atoms with E-state index in [2.05, 4.69) is 42.5 Å². The highest BCUT2D eigenvalue weighted by molar-refractivity contribution is 6.21. The van der Waals surface area contributed by atoms with Crippen LogP contribution < -0.4 is 0 Å².